The minimum absolute atomic E-state index is 0.241. The normalized spacial score (nSPS) is 10.1. The van der Waals surface area contributed by atoms with Crippen molar-refractivity contribution in [3.05, 3.63) is 29.8 Å². The summed E-state index contributed by atoms with van der Waals surface area (Å²) in [6, 6.07) is 8.35. The molecule has 1 rings (SSSR count). The lowest BCUT2D eigenvalue weighted by molar-refractivity contribution is -0.111. The van der Waals surface area contributed by atoms with E-state index in [4.69, 9.17) is 11.6 Å². The number of carbonyl (C=O) groups excluding carboxylic acids is 1. The Kier molecular flexibility index (Phi) is 5.05. The molecular weight excluding hydrogens is 216 g/mol. The Labute approximate surface area is 93.8 Å². The molecule has 0 atom stereocenters. The molecule has 3 heteroatoms. The number of aryl methyl sites for hydroxylation is 1. The summed E-state index contributed by atoms with van der Waals surface area (Å²) in [4.78, 5) is 11.7. The molecule has 1 aromatic rings. The molecule has 0 heterocycles. The van der Waals surface area contributed by atoms with Crippen LogP contribution in [-0.2, 0) is 4.79 Å². The van der Waals surface area contributed by atoms with Crippen LogP contribution in [0.3, 0.4) is 0 Å². The van der Waals surface area contributed by atoms with Crippen molar-refractivity contribution >= 4 is 28.6 Å². The van der Waals surface area contributed by atoms with Crippen molar-refractivity contribution in [1.82, 2.24) is 0 Å². The summed E-state index contributed by atoms with van der Waals surface area (Å²) in [6.45, 7) is 2.08. The van der Waals surface area contributed by atoms with Gasteiger partial charge in [-0.15, -0.1) is 11.8 Å². The van der Waals surface area contributed by atoms with Crippen molar-refractivity contribution in [3.63, 3.8) is 0 Å². The van der Waals surface area contributed by atoms with Crippen molar-refractivity contribution < 1.29 is 4.79 Å². The maximum absolute atomic E-state index is 10.5. The number of rotatable bonds is 5. The average Bonchev–Trinajstić information content (AvgIpc) is 2.12. The number of hydrogen-bond donors (Lipinski definition) is 0. The van der Waals surface area contributed by atoms with E-state index in [0.29, 0.717) is 6.42 Å². The second-order valence-corrected chi connectivity index (χ2v) is 4.71. The van der Waals surface area contributed by atoms with Gasteiger partial charge < -0.3 is 0 Å². The molecular formula is C11H13ClOS. The van der Waals surface area contributed by atoms with Gasteiger partial charge in [0.15, 0.2) is 0 Å². The Morgan fingerprint density at radius 2 is 2.29 bits per heavy atom. The lowest BCUT2D eigenvalue weighted by Crippen LogP contribution is -1.87. The summed E-state index contributed by atoms with van der Waals surface area (Å²) < 4.78 is 0. The molecule has 76 valence electrons. The van der Waals surface area contributed by atoms with Crippen LogP contribution in [0, 0.1) is 6.92 Å². The van der Waals surface area contributed by atoms with Gasteiger partial charge in [-0.2, -0.15) is 0 Å². The van der Waals surface area contributed by atoms with E-state index < -0.39 is 0 Å². The van der Waals surface area contributed by atoms with Gasteiger partial charge in [0.05, 0.1) is 0 Å². The van der Waals surface area contributed by atoms with Crippen LogP contribution in [0.15, 0.2) is 29.2 Å². The number of thioether (sulfide) groups is 1. The molecule has 0 fully saturated rings. The standard InChI is InChI=1S/C11H13ClOS/c1-9-4-2-5-10(8-9)14-7-3-6-11(12)13/h2,4-5,8H,3,6-7H2,1H3. The zero-order chi connectivity index (χ0) is 10.4. The number of carbonyl (C=O) groups is 1. The first-order valence-electron chi connectivity index (χ1n) is 4.56. The van der Waals surface area contributed by atoms with Gasteiger partial charge in [0, 0.05) is 11.3 Å². The third-order valence-corrected chi connectivity index (χ3v) is 3.04. The van der Waals surface area contributed by atoms with Crippen LogP contribution in [0.1, 0.15) is 18.4 Å². The van der Waals surface area contributed by atoms with Crippen LogP contribution >= 0.6 is 23.4 Å². The maximum atomic E-state index is 10.5. The Balaban J connectivity index is 2.28. The molecule has 0 radical (unpaired) electrons. The minimum Gasteiger partial charge on any atom is -0.281 e. The van der Waals surface area contributed by atoms with Gasteiger partial charge >= 0.3 is 0 Å². The van der Waals surface area contributed by atoms with Crippen molar-refractivity contribution in [3.8, 4) is 0 Å². The quantitative estimate of drug-likeness (QED) is 0.435. The molecule has 1 aromatic carbocycles. The first-order chi connectivity index (χ1) is 6.68. The Morgan fingerprint density at radius 3 is 2.93 bits per heavy atom. The maximum Gasteiger partial charge on any atom is 0.221 e. The monoisotopic (exact) mass is 228 g/mol. The van der Waals surface area contributed by atoms with Gasteiger partial charge in [-0.3, -0.25) is 4.79 Å². The van der Waals surface area contributed by atoms with Gasteiger partial charge in [0.25, 0.3) is 0 Å². The summed E-state index contributed by atoms with van der Waals surface area (Å²) >= 11 is 7.00. The predicted molar refractivity (Wildman–Crippen MR) is 62.0 cm³/mol. The van der Waals surface area contributed by atoms with Crippen LogP contribution in [0.5, 0.6) is 0 Å². The van der Waals surface area contributed by atoms with E-state index in [2.05, 4.69) is 25.1 Å². The van der Waals surface area contributed by atoms with Crippen LogP contribution < -0.4 is 0 Å². The topological polar surface area (TPSA) is 17.1 Å². The summed E-state index contributed by atoms with van der Waals surface area (Å²) in [6.07, 6.45) is 1.32. The van der Waals surface area contributed by atoms with Gasteiger partial charge in [-0.05, 0) is 42.8 Å². The molecule has 0 spiro atoms. The third kappa shape index (κ3) is 4.68. The molecule has 0 unspecified atom stereocenters. The molecule has 14 heavy (non-hydrogen) atoms. The van der Waals surface area contributed by atoms with E-state index in [1.165, 1.54) is 10.5 Å². The Bertz CT molecular complexity index is 312. The second-order valence-electron chi connectivity index (χ2n) is 3.12. The molecule has 0 amide bonds. The highest BCUT2D eigenvalue weighted by atomic mass is 35.5. The zero-order valence-electron chi connectivity index (χ0n) is 8.13. The van der Waals surface area contributed by atoms with Crippen LogP contribution in [0.4, 0.5) is 0 Å². The van der Waals surface area contributed by atoms with Gasteiger partial charge in [0.2, 0.25) is 5.24 Å². The molecule has 0 saturated carbocycles. The molecule has 1 nitrogen and oxygen atoms in total. The fraction of sp³-hybridized carbons (Fsp3) is 0.364. The molecule has 0 aliphatic carbocycles. The molecule has 0 bridgehead atoms. The lowest BCUT2D eigenvalue weighted by atomic mass is 10.2. The summed E-state index contributed by atoms with van der Waals surface area (Å²) in [7, 11) is 0. The Morgan fingerprint density at radius 1 is 1.50 bits per heavy atom. The third-order valence-electron chi connectivity index (χ3n) is 1.78. The van der Waals surface area contributed by atoms with Gasteiger partial charge in [0.1, 0.15) is 0 Å². The largest absolute Gasteiger partial charge is 0.281 e. The van der Waals surface area contributed by atoms with E-state index in [-0.39, 0.29) is 5.24 Å². The van der Waals surface area contributed by atoms with E-state index in [1.54, 1.807) is 11.8 Å². The van der Waals surface area contributed by atoms with Crippen LogP contribution in [0.2, 0.25) is 0 Å². The second kappa shape index (κ2) is 6.10. The number of benzene rings is 1. The first-order valence-corrected chi connectivity index (χ1v) is 5.92. The highest BCUT2D eigenvalue weighted by Crippen LogP contribution is 2.20. The highest BCUT2D eigenvalue weighted by molar-refractivity contribution is 7.99. The van der Waals surface area contributed by atoms with Crippen molar-refractivity contribution in [1.29, 1.82) is 0 Å². The number of hydrogen-bond acceptors (Lipinski definition) is 2. The van der Waals surface area contributed by atoms with Crippen molar-refractivity contribution in [2.45, 2.75) is 24.7 Å². The summed E-state index contributed by atoms with van der Waals surface area (Å²) in [5.41, 5.74) is 1.27. The lowest BCUT2D eigenvalue weighted by Gasteiger charge is -2.01. The number of halogens is 1. The van der Waals surface area contributed by atoms with Crippen molar-refractivity contribution in [2.24, 2.45) is 0 Å². The fourth-order valence-electron chi connectivity index (χ4n) is 1.11. The van der Waals surface area contributed by atoms with E-state index in [0.717, 1.165) is 12.2 Å². The minimum atomic E-state index is -0.241. The fourth-order valence-corrected chi connectivity index (χ4v) is 2.21. The first kappa shape index (κ1) is 11.6. The van der Waals surface area contributed by atoms with Crippen molar-refractivity contribution in [2.75, 3.05) is 5.75 Å². The summed E-state index contributed by atoms with van der Waals surface area (Å²) in [5, 5.41) is -0.241. The SMILES string of the molecule is Cc1cccc(SCCCC(=O)Cl)c1. The molecule has 0 aliphatic heterocycles. The molecule has 0 saturated heterocycles. The Hall–Kier alpha value is -0.470. The van der Waals surface area contributed by atoms with Crippen LogP contribution in [0.25, 0.3) is 0 Å². The summed E-state index contributed by atoms with van der Waals surface area (Å²) in [5.74, 6) is 0.946. The van der Waals surface area contributed by atoms with E-state index >= 15 is 0 Å². The van der Waals surface area contributed by atoms with E-state index in [1.807, 2.05) is 6.07 Å². The molecule has 0 aliphatic rings. The zero-order valence-corrected chi connectivity index (χ0v) is 9.70. The van der Waals surface area contributed by atoms with Crippen LogP contribution in [-0.4, -0.2) is 11.0 Å². The molecule has 0 N–H and O–H groups in total. The highest BCUT2D eigenvalue weighted by Gasteiger charge is 1.97. The molecule has 0 aromatic heterocycles. The average molecular weight is 229 g/mol. The predicted octanol–water partition coefficient (Wildman–Crippen LogP) is 3.63. The smallest absolute Gasteiger partial charge is 0.221 e. The van der Waals surface area contributed by atoms with Gasteiger partial charge in [-0.25, -0.2) is 0 Å². The van der Waals surface area contributed by atoms with E-state index in [9.17, 15) is 4.79 Å². The van der Waals surface area contributed by atoms with Gasteiger partial charge in [-0.1, -0.05) is 17.7 Å².